The van der Waals surface area contributed by atoms with Crippen LogP contribution < -0.4 is 5.32 Å². The van der Waals surface area contributed by atoms with Gasteiger partial charge in [0.15, 0.2) is 0 Å². The maximum Gasteiger partial charge on any atom is 0.241 e. The van der Waals surface area contributed by atoms with Crippen molar-refractivity contribution in [3.63, 3.8) is 0 Å². The second kappa shape index (κ2) is 8.07. The van der Waals surface area contributed by atoms with Crippen molar-refractivity contribution in [1.29, 1.82) is 0 Å². The molecule has 1 aromatic rings. The first-order valence-electron chi connectivity index (χ1n) is 9.80. The fourth-order valence-electron chi connectivity index (χ4n) is 3.94. The predicted molar refractivity (Wildman–Crippen MR) is 106 cm³/mol. The zero-order valence-electron chi connectivity index (χ0n) is 16.8. The van der Waals surface area contributed by atoms with Gasteiger partial charge in [-0.05, 0) is 46.5 Å². The molecule has 1 aliphatic carbocycles. The first-order valence-corrected chi connectivity index (χ1v) is 9.80. The van der Waals surface area contributed by atoms with E-state index >= 15 is 0 Å². The van der Waals surface area contributed by atoms with Gasteiger partial charge in [-0.2, -0.15) is 0 Å². The molecule has 1 aliphatic heterocycles. The van der Waals surface area contributed by atoms with E-state index in [9.17, 15) is 4.79 Å². The Labute approximate surface area is 158 Å². The van der Waals surface area contributed by atoms with E-state index in [4.69, 9.17) is 0 Å². The van der Waals surface area contributed by atoms with E-state index in [0.29, 0.717) is 5.41 Å². The molecule has 1 aromatic carbocycles. The molecular weight excluding hydrogens is 324 g/mol. The third kappa shape index (κ3) is 4.84. The van der Waals surface area contributed by atoms with Gasteiger partial charge in [0.1, 0.15) is 6.04 Å². The summed E-state index contributed by atoms with van der Waals surface area (Å²) in [5, 5.41) is 3.27. The molecule has 0 spiro atoms. The minimum atomic E-state index is -0.227. The SMILES string of the molecule is Cc1cccc([C@@H](C(=O)NCC2(CN3CCN(C)CC3)CC2)N(C)C)c1. The van der Waals surface area contributed by atoms with Crippen LogP contribution in [0, 0.1) is 12.3 Å². The minimum Gasteiger partial charge on any atom is -0.354 e. The van der Waals surface area contributed by atoms with Crippen LogP contribution >= 0.6 is 0 Å². The van der Waals surface area contributed by atoms with Crippen molar-refractivity contribution in [2.75, 3.05) is 60.4 Å². The van der Waals surface area contributed by atoms with Gasteiger partial charge in [-0.1, -0.05) is 29.8 Å². The number of hydrogen-bond acceptors (Lipinski definition) is 4. The zero-order valence-corrected chi connectivity index (χ0v) is 16.8. The molecule has 1 amide bonds. The number of carbonyl (C=O) groups excluding carboxylic acids is 1. The first-order chi connectivity index (χ1) is 12.4. The van der Waals surface area contributed by atoms with Gasteiger partial charge in [-0.25, -0.2) is 0 Å². The van der Waals surface area contributed by atoms with Crippen LogP contribution in [0.4, 0.5) is 0 Å². The number of amides is 1. The van der Waals surface area contributed by atoms with E-state index in [-0.39, 0.29) is 11.9 Å². The molecule has 1 heterocycles. The summed E-state index contributed by atoms with van der Waals surface area (Å²) < 4.78 is 0. The molecule has 1 atom stereocenters. The van der Waals surface area contributed by atoms with E-state index in [2.05, 4.69) is 41.2 Å². The van der Waals surface area contributed by atoms with Crippen molar-refractivity contribution in [3.05, 3.63) is 35.4 Å². The summed E-state index contributed by atoms with van der Waals surface area (Å²) >= 11 is 0. The lowest BCUT2D eigenvalue weighted by Gasteiger charge is -2.35. The summed E-state index contributed by atoms with van der Waals surface area (Å²) in [4.78, 5) is 19.9. The minimum absolute atomic E-state index is 0.116. The molecule has 2 aliphatic rings. The summed E-state index contributed by atoms with van der Waals surface area (Å²) in [5.74, 6) is 0.116. The second-order valence-corrected chi connectivity index (χ2v) is 8.58. The molecule has 0 unspecified atom stereocenters. The fourth-order valence-corrected chi connectivity index (χ4v) is 3.94. The molecule has 5 heteroatoms. The van der Waals surface area contributed by atoms with Gasteiger partial charge in [0.2, 0.25) is 5.91 Å². The normalized spacial score (nSPS) is 21.6. The largest absolute Gasteiger partial charge is 0.354 e. The van der Waals surface area contributed by atoms with Crippen LogP contribution in [0.15, 0.2) is 24.3 Å². The van der Waals surface area contributed by atoms with Crippen LogP contribution in [0.1, 0.15) is 30.0 Å². The van der Waals surface area contributed by atoms with Crippen molar-refractivity contribution >= 4 is 5.91 Å². The Morgan fingerprint density at radius 2 is 1.92 bits per heavy atom. The van der Waals surface area contributed by atoms with E-state index < -0.39 is 0 Å². The smallest absolute Gasteiger partial charge is 0.241 e. The average molecular weight is 359 g/mol. The van der Waals surface area contributed by atoms with Crippen LogP contribution in [0.5, 0.6) is 0 Å². The summed E-state index contributed by atoms with van der Waals surface area (Å²) in [5.41, 5.74) is 2.56. The molecule has 1 N–H and O–H groups in total. The first kappa shape index (κ1) is 19.3. The van der Waals surface area contributed by atoms with Crippen LogP contribution in [0.3, 0.4) is 0 Å². The highest BCUT2D eigenvalue weighted by Crippen LogP contribution is 2.45. The number of rotatable bonds is 7. The van der Waals surface area contributed by atoms with Gasteiger partial charge in [0.25, 0.3) is 0 Å². The molecular formula is C21H34N4O. The highest BCUT2D eigenvalue weighted by Gasteiger charge is 2.44. The van der Waals surface area contributed by atoms with Crippen molar-refractivity contribution < 1.29 is 4.79 Å². The quantitative estimate of drug-likeness (QED) is 0.806. The third-order valence-corrected chi connectivity index (χ3v) is 5.87. The zero-order chi connectivity index (χ0) is 18.7. The monoisotopic (exact) mass is 358 g/mol. The third-order valence-electron chi connectivity index (χ3n) is 5.87. The molecule has 0 aromatic heterocycles. The molecule has 5 nitrogen and oxygen atoms in total. The molecule has 1 saturated heterocycles. The molecule has 0 radical (unpaired) electrons. The predicted octanol–water partition coefficient (Wildman–Crippen LogP) is 1.74. The molecule has 144 valence electrons. The Balaban J connectivity index is 1.56. The standard InChI is InChI=1S/C21H34N4O/c1-17-6-5-7-18(14-17)19(23(2)3)20(26)22-15-21(8-9-21)16-25-12-10-24(4)11-13-25/h5-7,14,19H,8-13,15-16H2,1-4H3,(H,22,26)/t19-/m0/s1. The van der Waals surface area contributed by atoms with Gasteiger partial charge < -0.3 is 15.1 Å². The highest BCUT2D eigenvalue weighted by molar-refractivity contribution is 5.83. The van der Waals surface area contributed by atoms with Crippen molar-refractivity contribution in [2.24, 2.45) is 5.41 Å². The van der Waals surface area contributed by atoms with Crippen LogP contribution in [-0.4, -0.2) is 81.0 Å². The van der Waals surface area contributed by atoms with Gasteiger partial charge in [-0.3, -0.25) is 9.69 Å². The maximum atomic E-state index is 12.9. The number of likely N-dealkylation sites (N-methyl/N-ethyl adjacent to an activating group) is 2. The lowest BCUT2D eigenvalue weighted by atomic mass is 10.0. The number of piperazine rings is 1. The highest BCUT2D eigenvalue weighted by atomic mass is 16.2. The Hall–Kier alpha value is -1.43. The lowest BCUT2D eigenvalue weighted by Crippen LogP contribution is -2.48. The van der Waals surface area contributed by atoms with Crippen molar-refractivity contribution in [3.8, 4) is 0 Å². The number of nitrogens with zero attached hydrogens (tertiary/aromatic N) is 3. The number of aryl methyl sites for hydroxylation is 1. The Bertz CT molecular complexity index is 618. The van der Waals surface area contributed by atoms with Gasteiger partial charge in [0, 0.05) is 44.7 Å². The second-order valence-electron chi connectivity index (χ2n) is 8.58. The van der Waals surface area contributed by atoms with E-state index in [1.807, 2.05) is 31.1 Å². The average Bonchev–Trinajstić information content (AvgIpc) is 3.35. The van der Waals surface area contributed by atoms with Gasteiger partial charge in [0.05, 0.1) is 0 Å². The van der Waals surface area contributed by atoms with E-state index in [1.165, 1.54) is 18.4 Å². The van der Waals surface area contributed by atoms with E-state index in [0.717, 1.165) is 44.8 Å². The number of benzene rings is 1. The van der Waals surface area contributed by atoms with Gasteiger partial charge >= 0.3 is 0 Å². The Kier molecular flexibility index (Phi) is 6.00. The van der Waals surface area contributed by atoms with Crippen molar-refractivity contribution in [1.82, 2.24) is 20.0 Å². The maximum absolute atomic E-state index is 12.9. The van der Waals surface area contributed by atoms with E-state index in [1.54, 1.807) is 0 Å². The van der Waals surface area contributed by atoms with Crippen LogP contribution in [0.2, 0.25) is 0 Å². The fraction of sp³-hybridized carbons (Fsp3) is 0.667. The molecule has 3 rings (SSSR count). The topological polar surface area (TPSA) is 38.8 Å². The lowest BCUT2D eigenvalue weighted by molar-refractivity contribution is -0.126. The Morgan fingerprint density at radius 3 is 2.50 bits per heavy atom. The number of carbonyl (C=O) groups is 1. The van der Waals surface area contributed by atoms with Gasteiger partial charge in [-0.15, -0.1) is 0 Å². The summed E-state index contributed by atoms with van der Waals surface area (Å²) in [7, 11) is 6.14. The number of nitrogens with one attached hydrogen (secondary N) is 1. The molecule has 26 heavy (non-hydrogen) atoms. The summed E-state index contributed by atoms with van der Waals surface area (Å²) in [6.07, 6.45) is 2.47. The van der Waals surface area contributed by atoms with Crippen LogP contribution in [0.25, 0.3) is 0 Å². The molecule has 0 bridgehead atoms. The summed E-state index contributed by atoms with van der Waals surface area (Å²) in [6, 6.07) is 8.04. The van der Waals surface area contributed by atoms with Crippen LogP contribution in [-0.2, 0) is 4.79 Å². The number of hydrogen-bond donors (Lipinski definition) is 1. The Morgan fingerprint density at radius 1 is 1.23 bits per heavy atom. The van der Waals surface area contributed by atoms with Crippen molar-refractivity contribution in [2.45, 2.75) is 25.8 Å². The molecule has 1 saturated carbocycles. The summed E-state index contributed by atoms with van der Waals surface area (Å²) in [6.45, 7) is 8.60. The molecule has 2 fully saturated rings.